The van der Waals surface area contributed by atoms with Crippen molar-refractivity contribution in [2.75, 3.05) is 40.6 Å². The average molecular weight is 434 g/mol. The maximum Gasteiger partial charge on any atom is 0.387 e. The Labute approximate surface area is 179 Å². The van der Waals surface area contributed by atoms with Gasteiger partial charge in [0.25, 0.3) is 0 Å². The minimum absolute atomic E-state index is 0.0718. The summed E-state index contributed by atoms with van der Waals surface area (Å²) >= 11 is 0. The number of rotatable bonds is 9. The Morgan fingerprint density at radius 3 is 2.42 bits per heavy atom. The number of carbonyl (C=O) groups excluding carboxylic acids is 1. The number of fused-ring (bicyclic) bond motifs is 1. The highest BCUT2D eigenvalue weighted by Crippen LogP contribution is 2.48. The molecule has 0 N–H and O–H groups in total. The van der Waals surface area contributed by atoms with E-state index in [1.54, 1.807) is 31.4 Å². The first-order valence-electron chi connectivity index (χ1n) is 9.99. The lowest BCUT2D eigenvalue weighted by atomic mass is 9.88. The first-order chi connectivity index (χ1) is 15.0. The van der Waals surface area contributed by atoms with Crippen LogP contribution in [0.25, 0.3) is 11.1 Å². The number of ketones is 1. The van der Waals surface area contributed by atoms with Crippen LogP contribution in [0.5, 0.6) is 17.2 Å². The van der Waals surface area contributed by atoms with Gasteiger partial charge in [-0.25, -0.2) is 0 Å². The van der Waals surface area contributed by atoms with E-state index in [2.05, 4.69) is 0 Å². The quantitative estimate of drug-likeness (QED) is 0.591. The van der Waals surface area contributed by atoms with Gasteiger partial charge < -0.3 is 23.7 Å². The summed E-state index contributed by atoms with van der Waals surface area (Å²) in [5.41, 5.74) is 2.48. The Kier molecular flexibility index (Phi) is 6.11. The second-order valence-corrected chi connectivity index (χ2v) is 7.82. The Morgan fingerprint density at radius 1 is 1.00 bits per heavy atom. The lowest BCUT2D eigenvalue weighted by Crippen LogP contribution is -2.50. The first-order valence-corrected chi connectivity index (χ1v) is 9.99. The average Bonchev–Trinajstić information content (AvgIpc) is 3.11. The van der Waals surface area contributed by atoms with E-state index in [1.165, 1.54) is 7.11 Å². The highest BCUT2D eigenvalue weighted by atomic mass is 19.3. The Bertz CT molecular complexity index is 971. The van der Waals surface area contributed by atoms with Crippen molar-refractivity contribution in [2.45, 2.75) is 19.5 Å². The van der Waals surface area contributed by atoms with Crippen molar-refractivity contribution in [2.24, 2.45) is 5.41 Å². The molecule has 6 nitrogen and oxygen atoms in total. The fourth-order valence-electron chi connectivity index (χ4n) is 4.13. The molecule has 0 aromatic heterocycles. The van der Waals surface area contributed by atoms with Crippen LogP contribution in [0.1, 0.15) is 22.3 Å². The lowest BCUT2D eigenvalue weighted by molar-refractivity contribution is -0.159. The van der Waals surface area contributed by atoms with Gasteiger partial charge in [0.15, 0.2) is 17.3 Å². The summed E-state index contributed by atoms with van der Waals surface area (Å²) in [6.45, 7) is -1.57. The number of benzene rings is 2. The van der Waals surface area contributed by atoms with Gasteiger partial charge in [-0.1, -0.05) is 18.2 Å². The summed E-state index contributed by atoms with van der Waals surface area (Å²) in [6.07, 6.45) is 1.01. The molecule has 0 amide bonds. The van der Waals surface area contributed by atoms with Crippen LogP contribution in [0, 0.1) is 5.41 Å². The zero-order valence-corrected chi connectivity index (χ0v) is 17.4. The number of hydrogen-bond acceptors (Lipinski definition) is 6. The van der Waals surface area contributed by atoms with Crippen LogP contribution in [0.3, 0.4) is 0 Å². The van der Waals surface area contributed by atoms with Gasteiger partial charge >= 0.3 is 6.61 Å². The summed E-state index contributed by atoms with van der Waals surface area (Å²) < 4.78 is 53.4. The summed E-state index contributed by atoms with van der Waals surface area (Å²) in [6, 6.07) is 8.73. The van der Waals surface area contributed by atoms with Crippen LogP contribution in [-0.4, -0.2) is 53.0 Å². The van der Waals surface area contributed by atoms with Gasteiger partial charge in [0, 0.05) is 24.7 Å². The molecule has 1 fully saturated rings. The molecular weight excluding hydrogens is 410 g/mol. The number of methoxy groups -OCH3 is 2. The molecule has 4 rings (SSSR count). The Balaban J connectivity index is 1.81. The maximum absolute atomic E-state index is 13.3. The standard InChI is InChI=1S/C23H24F2O6/c1-27-10-23(11-29-12-23)13-30-20-17(7-9-19(28-2)21(20)31-22(24)25)14-4-3-5-16-15(14)6-8-18(16)26/h3-5,7,9,22H,6,8,10-13H2,1-2H3. The smallest absolute Gasteiger partial charge is 0.387 e. The molecule has 31 heavy (non-hydrogen) atoms. The molecule has 1 aliphatic heterocycles. The molecule has 0 unspecified atom stereocenters. The molecule has 2 aliphatic rings. The Hall–Kier alpha value is -2.71. The molecule has 0 radical (unpaired) electrons. The number of halogens is 2. The number of ether oxygens (including phenoxy) is 5. The zero-order chi connectivity index (χ0) is 22.0. The van der Waals surface area contributed by atoms with Crippen LogP contribution in [0.4, 0.5) is 8.78 Å². The third-order valence-electron chi connectivity index (χ3n) is 5.66. The number of carbonyl (C=O) groups is 1. The van der Waals surface area contributed by atoms with E-state index in [1.807, 2.05) is 6.07 Å². The lowest BCUT2D eigenvalue weighted by Gasteiger charge is -2.40. The van der Waals surface area contributed by atoms with E-state index in [0.29, 0.717) is 43.8 Å². The fraction of sp³-hybridized carbons (Fsp3) is 0.435. The Morgan fingerprint density at radius 2 is 1.77 bits per heavy atom. The van der Waals surface area contributed by atoms with E-state index in [9.17, 15) is 13.6 Å². The van der Waals surface area contributed by atoms with Crippen molar-refractivity contribution in [3.8, 4) is 28.4 Å². The second kappa shape index (κ2) is 8.80. The van der Waals surface area contributed by atoms with Crippen molar-refractivity contribution in [3.63, 3.8) is 0 Å². The molecule has 0 saturated carbocycles. The van der Waals surface area contributed by atoms with Crippen LogP contribution >= 0.6 is 0 Å². The van der Waals surface area contributed by atoms with E-state index in [0.717, 1.165) is 11.1 Å². The van der Waals surface area contributed by atoms with Gasteiger partial charge in [0.2, 0.25) is 5.75 Å². The van der Waals surface area contributed by atoms with Crippen molar-refractivity contribution in [1.29, 1.82) is 0 Å². The maximum atomic E-state index is 13.3. The summed E-state index contributed by atoms with van der Waals surface area (Å²) in [4.78, 5) is 12.2. The van der Waals surface area contributed by atoms with Gasteiger partial charge in [-0.05, 0) is 29.7 Å². The van der Waals surface area contributed by atoms with Crippen LogP contribution in [0.15, 0.2) is 30.3 Å². The molecule has 1 saturated heterocycles. The van der Waals surface area contributed by atoms with E-state index < -0.39 is 6.61 Å². The molecular formula is C23H24F2O6. The number of hydrogen-bond donors (Lipinski definition) is 0. The third-order valence-corrected chi connectivity index (χ3v) is 5.66. The van der Waals surface area contributed by atoms with Crippen molar-refractivity contribution < 1.29 is 37.3 Å². The van der Waals surface area contributed by atoms with Gasteiger partial charge in [-0.15, -0.1) is 0 Å². The third kappa shape index (κ3) is 4.09. The highest BCUT2D eigenvalue weighted by molar-refractivity contribution is 6.02. The van der Waals surface area contributed by atoms with Crippen molar-refractivity contribution in [1.82, 2.24) is 0 Å². The normalized spacial score (nSPS) is 16.7. The predicted molar refractivity (Wildman–Crippen MR) is 108 cm³/mol. The number of alkyl halides is 2. The molecule has 166 valence electrons. The van der Waals surface area contributed by atoms with Gasteiger partial charge in [-0.3, -0.25) is 4.79 Å². The summed E-state index contributed by atoms with van der Waals surface area (Å²) in [5, 5.41) is 0. The van der Waals surface area contributed by atoms with Crippen molar-refractivity contribution >= 4 is 5.78 Å². The van der Waals surface area contributed by atoms with Gasteiger partial charge in [0.1, 0.15) is 6.61 Å². The van der Waals surface area contributed by atoms with Crippen LogP contribution in [0.2, 0.25) is 0 Å². The summed E-state index contributed by atoms with van der Waals surface area (Å²) in [7, 11) is 2.97. The van der Waals surface area contributed by atoms with Crippen LogP contribution in [-0.2, 0) is 15.9 Å². The SMILES string of the molecule is COCC1(COc2c(-c3cccc4c3CCC4=O)ccc(OC)c2OC(F)F)COC1. The molecule has 1 heterocycles. The summed E-state index contributed by atoms with van der Waals surface area (Å²) in [5.74, 6) is 0.176. The monoisotopic (exact) mass is 434 g/mol. The second-order valence-electron chi connectivity index (χ2n) is 7.82. The van der Waals surface area contributed by atoms with E-state index in [-0.39, 0.29) is 35.1 Å². The minimum Gasteiger partial charge on any atom is -0.493 e. The molecule has 2 aromatic carbocycles. The van der Waals surface area contributed by atoms with Gasteiger partial charge in [0.05, 0.1) is 32.3 Å². The number of Topliss-reactive ketones (excluding diaryl/α,β-unsaturated/α-hetero) is 1. The van der Waals surface area contributed by atoms with Crippen molar-refractivity contribution in [3.05, 3.63) is 41.5 Å². The fourth-order valence-corrected chi connectivity index (χ4v) is 4.13. The predicted octanol–water partition coefficient (Wildman–Crippen LogP) is 4.13. The largest absolute Gasteiger partial charge is 0.493 e. The van der Waals surface area contributed by atoms with Gasteiger partial charge in [-0.2, -0.15) is 8.78 Å². The highest BCUT2D eigenvalue weighted by Gasteiger charge is 2.40. The van der Waals surface area contributed by atoms with E-state index in [4.69, 9.17) is 23.7 Å². The molecule has 0 spiro atoms. The zero-order valence-electron chi connectivity index (χ0n) is 17.4. The first kappa shape index (κ1) is 21.5. The minimum atomic E-state index is -3.06. The van der Waals surface area contributed by atoms with E-state index >= 15 is 0 Å². The molecule has 0 bridgehead atoms. The molecule has 1 aliphatic carbocycles. The topological polar surface area (TPSA) is 63.2 Å². The molecule has 0 atom stereocenters. The molecule has 2 aromatic rings. The van der Waals surface area contributed by atoms with Crippen LogP contribution < -0.4 is 14.2 Å². The molecule has 8 heteroatoms.